The number of nitrogens with zero attached hydrogens (tertiary/aromatic N) is 1. The second kappa shape index (κ2) is 5.65. The van der Waals surface area contributed by atoms with Gasteiger partial charge in [0.05, 0.1) is 6.73 Å². The van der Waals surface area contributed by atoms with Gasteiger partial charge in [0.15, 0.2) is 0 Å². The van der Waals surface area contributed by atoms with Crippen LogP contribution in [-0.4, -0.2) is 34.6 Å². The Morgan fingerprint density at radius 1 is 1.50 bits per heavy atom. The van der Waals surface area contributed by atoms with Crippen LogP contribution < -0.4 is 0 Å². The first kappa shape index (κ1) is 9.88. The highest BCUT2D eigenvalue weighted by molar-refractivity contribution is 4.51. The van der Waals surface area contributed by atoms with Crippen molar-refractivity contribution in [3.63, 3.8) is 0 Å². The highest BCUT2D eigenvalue weighted by atomic mass is 16.3. The van der Waals surface area contributed by atoms with Gasteiger partial charge in [0, 0.05) is 6.54 Å². The van der Waals surface area contributed by atoms with Crippen LogP contribution in [-0.2, 0) is 0 Å². The molecule has 0 aromatic heterocycles. The van der Waals surface area contributed by atoms with Crippen LogP contribution in [0.3, 0.4) is 0 Å². The Kier molecular flexibility index (Phi) is 5.58. The van der Waals surface area contributed by atoms with Crippen LogP contribution in [0.15, 0.2) is 0 Å². The van der Waals surface area contributed by atoms with Crippen molar-refractivity contribution < 1.29 is 10.2 Å². The Hall–Kier alpha value is -0.120. The molecule has 0 aliphatic heterocycles. The van der Waals surface area contributed by atoms with Crippen molar-refractivity contribution in [2.75, 3.05) is 13.3 Å². The van der Waals surface area contributed by atoms with Gasteiger partial charge in [-0.05, 0) is 13.3 Å². The molecule has 0 aromatic carbocycles. The van der Waals surface area contributed by atoms with Crippen LogP contribution >= 0.6 is 0 Å². The fourth-order valence-electron chi connectivity index (χ4n) is 0.737. The van der Waals surface area contributed by atoms with Gasteiger partial charge < -0.3 is 10.2 Å². The van der Waals surface area contributed by atoms with Gasteiger partial charge in [-0.3, -0.25) is 4.90 Å². The maximum absolute atomic E-state index is 9.00. The fraction of sp³-hybridized carbons (Fsp3) is 1.00. The molecule has 0 aliphatic rings. The van der Waals surface area contributed by atoms with Gasteiger partial charge in [0.2, 0.25) is 0 Å². The van der Waals surface area contributed by atoms with Crippen molar-refractivity contribution in [2.24, 2.45) is 0 Å². The highest BCUT2D eigenvalue weighted by Gasteiger charge is 2.06. The summed E-state index contributed by atoms with van der Waals surface area (Å²) < 4.78 is 0. The van der Waals surface area contributed by atoms with Crippen LogP contribution in [0.25, 0.3) is 0 Å². The molecular weight excluding hydrogens is 130 g/mol. The molecule has 0 aromatic rings. The zero-order valence-electron chi connectivity index (χ0n) is 6.75. The van der Waals surface area contributed by atoms with Gasteiger partial charge >= 0.3 is 0 Å². The lowest BCUT2D eigenvalue weighted by Crippen LogP contribution is -2.34. The van der Waals surface area contributed by atoms with Crippen LogP contribution in [0.1, 0.15) is 26.7 Å². The molecule has 3 nitrogen and oxygen atoms in total. The fourth-order valence-corrected chi connectivity index (χ4v) is 0.737. The van der Waals surface area contributed by atoms with Gasteiger partial charge in [-0.2, -0.15) is 0 Å². The lowest BCUT2D eigenvalue weighted by Gasteiger charge is -2.21. The predicted molar refractivity (Wildman–Crippen MR) is 40.4 cm³/mol. The Labute approximate surface area is 62.3 Å². The Balaban J connectivity index is 3.40. The van der Waals surface area contributed by atoms with Crippen molar-refractivity contribution in [3.05, 3.63) is 0 Å². The second-order valence-corrected chi connectivity index (χ2v) is 2.44. The van der Waals surface area contributed by atoms with E-state index in [2.05, 4.69) is 6.92 Å². The lowest BCUT2D eigenvalue weighted by molar-refractivity contribution is -0.0348. The van der Waals surface area contributed by atoms with Crippen molar-refractivity contribution in [3.8, 4) is 0 Å². The summed E-state index contributed by atoms with van der Waals surface area (Å²) in [6.07, 6.45) is 1.57. The van der Waals surface area contributed by atoms with E-state index in [4.69, 9.17) is 10.2 Å². The van der Waals surface area contributed by atoms with Gasteiger partial charge in [-0.15, -0.1) is 0 Å². The maximum atomic E-state index is 9.00. The molecule has 0 bridgehead atoms. The average Bonchev–Trinajstić information content (AvgIpc) is 1.89. The van der Waals surface area contributed by atoms with E-state index in [1.807, 2.05) is 0 Å². The maximum Gasteiger partial charge on any atom is 0.106 e. The van der Waals surface area contributed by atoms with Gasteiger partial charge in [-0.1, -0.05) is 13.3 Å². The van der Waals surface area contributed by atoms with E-state index in [-0.39, 0.29) is 6.73 Å². The summed E-state index contributed by atoms with van der Waals surface area (Å²) >= 11 is 0. The number of aliphatic hydroxyl groups is 2. The molecule has 0 rings (SSSR count). The molecule has 0 radical (unpaired) electrons. The first-order chi connectivity index (χ1) is 4.72. The third kappa shape index (κ3) is 3.82. The normalized spacial score (nSPS) is 14.1. The van der Waals surface area contributed by atoms with Crippen LogP contribution in [0.4, 0.5) is 0 Å². The summed E-state index contributed by atoms with van der Waals surface area (Å²) in [6, 6.07) is 0. The first-order valence-corrected chi connectivity index (χ1v) is 3.75. The third-order valence-corrected chi connectivity index (χ3v) is 1.51. The van der Waals surface area contributed by atoms with E-state index in [1.54, 1.807) is 11.8 Å². The number of hydrogen-bond donors (Lipinski definition) is 2. The molecule has 0 heterocycles. The van der Waals surface area contributed by atoms with Crippen molar-refractivity contribution in [2.45, 2.75) is 32.9 Å². The summed E-state index contributed by atoms with van der Waals surface area (Å²) in [5.74, 6) is 0. The van der Waals surface area contributed by atoms with Crippen molar-refractivity contribution in [1.82, 2.24) is 4.90 Å². The van der Waals surface area contributed by atoms with Crippen LogP contribution in [0, 0.1) is 0 Å². The summed E-state index contributed by atoms with van der Waals surface area (Å²) in [7, 11) is 0. The molecular formula is C7H17NO2. The lowest BCUT2D eigenvalue weighted by atomic mass is 10.3. The van der Waals surface area contributed by atoms with Crippen LogP contribution in [0.5, 0.6) is 0 Å². The number of unbranched alkanes of at least 4 members (excludes halogenated alkanes) is 1. The van der Waals surface area contributed by atoms with Gasteiger partial charge in [0.1, 0.15) is 6.23 Å². The average molecular weight is 147 g/mol. The summed E-state index contributed by atoms with van der Waals surface area (Å²) in [5, 5.41) is 17.7. The first-order valence-electron chi connectivity index (χ1n) is 3.75. The third-order valence-electron chi connectivity index (χ3n) is 1.51. The molecule has 10 heavy (non-hydrogen) atoms. The molecule has 3 heteroatoms. The minimum absolute atomic E-state index is 0.0579. The predicted octanol–water partition coefficient (Wildman–Crippen LogP) is 0.377. The van der Waals surface area contributed by atoms with E-state index in [0.29, 0.717) is 0 Å². The van der Waals surface area contributed by atoms with Crippen molar-refractivity contribution >= 4 is 0 Å². The zero-order chi connectivity index (χ0) is 7.98. The number of aliphatic hydroxyl groups excluding tert-OH is 2. The molecule has 0 fully saturated rings. The van der Waals surface area contributed by atoms with E-state index in [0.717, 1.165) is 19.4 Å². The Morgan fingerprint density at radius 2 is 2.10 bits per heavy atom. The van der Waals surface area contributed by atoms with Crippen molar-refractivity contribution in [1.29, 1.82) is 0 Å². The highest BCUT2D eigenvalue weighted by Crippen LogP contribution is 1.97. The number of hydrogen-bond acceptors (Lipinski definition) is 3. The van der Waals surface area contributed by atoms with Gasteiger partial charge in [-0.25, -0.2) is 0 Å². The molecule has 0 spiro atoms. The molecule has 0 saturated carbocycles. The second-order valence-electron chi connectivity index (χ2n) is 2.44. The Morgan fingerprint density at radius 3 is 2.40 bits per heavy atom. The minimum atomic E-state index is -0.531. The number of rotatable bonds is 5. The molecule has 1 atom stereocenters. The molecule has 1 unspecified atom stereocenters. The summed E-state index contributed by atoms with van der Waals surface area (Å²) in [5.41, 5.74) is 0. The quantitative estimate of drug-likeness (QED) is 0.552. The van der Waals surface area contributed by atoms with E-state index >= 15 is 0 Å². The molecule has 0 saturated heterocycles. The SMILES string of the molecule is CCCCN(CO)C(C)O. The molecule has 0 amide bonds. The standard InChI is InChI=1S/C7H17NO2/c1-3-4-5-8(6-9)7(2)10/h7,9-10H,3-6H2,1-2H3. The Bertz CT molecular complexity index is 76.0. The summed E-state index contributed by atoms with van der Waals surface area (Å²) in [4.78, 5) is 1.61. The summed E-state index contributed by atoms with van der Waals surface area (Å²) in [6.45, 7) is 4.45. The smallest absolute Gasteiger partial charge is 0.106 e. The molecule has 2 N–H and O–H groups in total. The zero-order valence-corrected chi connectivity index (χ0v) is 6.75. The minimum Gasteiger partial charge on any atom is -0.381 e. The topological polar surface area (TPSA) is 43.7 Å². The molecule has 62 valence electrons. The molecule has 0 aliphatic carbocycles. The van der Waals surface area contributed by atoms with Gasteiger partial charge in [0.25, 0.3) is 0 Å². The van der Waals surface area contributed by atoms with E-state index < -0.39 is 6.23 Å². The monoisotopic (exact) mass is 147 g/mol. The van der Waals surface area contributed by atoms with Crippen LogP contribution in [0.2, 0.25) is 0 Å². The largest absolute Gasteiger partial charge is 0.381 e. The van der Waals surface area contributed by atoms with E-state index in [9.17, 15) is 0 Å². The van der Waals surface area contributed by atoms with E-state index in [1.165, 1.54) is 0 Å².